The van der Waals surface area contributed by atoms with Crippen LogP contribution in [0.15, 0.2) is 54.6 Å². The van der Waals surface area contributed by atoms with Gasteiger partial charge >= 0.3 is 0 Å². The molecule has 1 aliphatic heterocycles. The Morgan fingerprint density at radius 2 is 1.88 bits per heavy atom. The van der Waals surface area contributed by atoms with Crippen molar-refractivity contribution in [2.75, 3.05) is 13.1 Å². The molecule has 26 heavy (non-hydrogen) atoms. The largest absolute Gasteiger partial charge is 0.355 e. The monoisotopic (exact) mass is 351 g/mol. The van der Waals surface area contributed by atoms with E-state index in [0.29, 0.717) is 12.6 Å². The van der Waals surface area contributed by atoms with Crippen molar-refractivity contribution in [2.24, 2.45) is 0 Å². The molecule has 2 N–H and O–H groups in total. The van der Waals surface area contributed by atoms with E-state index in [9.17, 15) is 4.79 Å². The third kappa shape index (κ3) is 4.93. The average Bonchev–Trinajstić information content (AvgIpc) is 3.04. The van der Waals surface area contributed by atoms with Crippen molar-refractivity contribution in [3.63, 3.8) is 0 Å². The molecule has 1 amide bonds. The van der Waals surface area contributed by atoms with E-state index in [2.05, 4.69) is 71.0 Å². The van der Waals surface area contributed by atoms with Crippen molar-refractivity contribution in [2.45, 2.75) is 45.4 Å². The number of nitrogens with one attached hydrogen (secondary N) is 2. The fourth-order valence-electron chi connectivity index (χ4n) is 3.69. The minimum absolute atomic E-state index is 0.0647. The number of likely N-dealkylation sites (tertiary alicyclic amines) is 1. The van der Waals surface area contributed by atoms with Gasteiger partial charge in [-0.15, -0.1) is 0 Å². The number of nitrogens with zero attached hydrogens (tertiary/aromatic N) is 1. The zero-order chi connectivity index (χ0) is 18.4. The minimum atomic E-state index is -0.0647. The third-order valence-electron chi connectivity index (χ3n) is 4.96. The smallest absolute Gasteiger partial charge is 0.237 e. The average molecular weight is 351 g/mol. The molecule has 1 saturated heterocycles. The van der Waals surface area contributed by atoms with Crippen LogP contribution in [0.4, 0.5) is 0 Å². The highest BCUT2D eigenvalue weighted by Gasteiger charge is 2.36. The van der Waals surface area contributed by atoms with Gasteiger partial charge in [0.15, 0.2) is 0 Å². The van der Waals surface area contributed by atoms with Crippen molar-refractivity contribution in [1.82, 2.24) is 15.5 Å². The Labute approximate surface area is 156 Å². The molecule has 0 aliphatic carbocycles. The zero-order valence-electron chi connectivity index (χ0n) is 15.7. The van der Waals surface area contributed by atoms with E-state index in [-0.39, 0.29) is 11.9 Å². The maximum atomic E-state index is 12.5. The second-order valence-corrected chi connectivity index (χ2v) is 7.13. The van der Waals surface area contributed by atoms with Crippen LogP contribution in [0.1, 0.15) is 30.0 Å². The molecule has 1 aliphatic rings. The Morgan fingerprint density at radius 1 is 1.12 bits per heavy atom. The van der Waals surface area contributed by atoms with Crippen molar-refractivity contribution in [1.29, 1.82) is 0 Å². The lowest BCUT2D eigenvalue weighted by atomic mass is 10.1. The van der Waals surface area contributed by atoms with Crippen LogP contribution < -0.4 is 10.6 Å². The first-order chi connectivity index (χ1) is 12.7. The lowest BCUT2D eigenvalue weighted by Gasteiger charge is -2.23. The molecule has 0 radical (unpaired) electrons. The minimum Gasteiger partial charge on any atom is -0.355 e. The van der Waals surface area contributed by atoms with Gasteiger partial charge in [-0.3, -0.25) is 9.69 Å². The molecule has 2 aromatic rings. The molecule has 4 nitrogen and oxygen atoms in total. The van der Waals surface area contributed by atoms with Crippen LogP contribution in [-0.2, 0) is 17.9 Å². The summed E-state index contributed by atoms with van der Waals surface area (Å²) in [5, 5.41) is 6.64. The summed E-state index contributed by atoms with van der Waals surface area (Å²) in [4.78, 5) is 14.8. The van der Waals surface area contributed by atoms with Crippen LogP contribution in [0.5, 0.6) is 0 Å². The lowest BCUT2D eigenvalue weighted by molar-refractivity contribution is -0.125. The molecule has 138 valence electrons. The summed E-state index contributed by atoms with van der Waals surface area (Å²) in [6.07, 6.45) is 0.852. The number of hydrogen-bond acceptors (Lipinski definition) is 3. The lowest BCUT2D eigenvalue weighted by Crippen LogP contribution is -2.42. The summed E-state index contributed by atoms with van der Waals surface area (Å²) in [5.41, 5.74) is 3.82. The molecule has 0 unspecified atom stereocenters. The van der Waals surface area contributed by atoms with Crippen molar-refractivity contribution >= 4 is 5.91 Å². The molecular weight excluding hydrogens is 322 g/mol. The topological polar surface area (TPSA) is 44.4 Å². The Balaban J connectivity index is 1.64. The standard InChI is InChI=1S/C22H29N3O/c1-3-23-22(26)21-13-20(24-14-19-11-7-8-17(2)12-19)16-25(21)15-18-9-5-4-6-10-18/h4-12,20-21,24H,3,13-16H2,1-2H3,(H,23,26)/t20-,21+/m1/s1. The van der Waals surface area contributed by atoms with E-state index in [4.69, 9.17) is 0 Å². The van der Waals surface area contributed by atoms with E-state index in [0.717, 1.165) is 26.1 Å². The highest BCUT2D eigenvalue weighted by molar-refractivity contribution is 5.82. The number of hydrogen-bond donors (Lipinski definition) is 2. The molecule has 0 saturated carbocycles. The number of carbonyl (C=O) groups excluding carboxylic acids is 1. The molecule has 0 aromatic heterocycles. The Hall–Kier alpha value is -2.17. The molecule has 1 fully saturated rings. The van der Waals surface area contributed by atoms with E-state index in [1.165, 1.54) is 16.7 Å². The van der Waals surface area contributed by atoms with Crippen molar-refractivity contribution < 1.29 is 4.79 Å². The fraction of sp³-hybridized carbons (Fsp3) is 0.409. The zero-order valence-corrected chi connectivity index (χ0v) is 15.7. The highest BCUT2D eigenvalue weighted by atomic mass is 16.2. The first kappa shape index (κ1) is 18.6. The molecular formula is C22H29N3O. The normalized spacial score (nSPS) is 20.2. The summed E-state index contributed by atoms with van der Waals surface area (Å²) in [5.74, 6) is 0.142. The molecule has 2 aromatic carbocycles. The van der Waals surface area contributed by atoms with Gasteiger partial charge < -0.3 is 10.6 Å². The van der Waals surface area contributed by atoms with Gasteiger partial charge in [0.2, 0.25) is 5.91 Å². The first-order valence-corrected chi connectivity index (χ1v) is 9.50. The first-order valence-electron chi connectivity index (χ1n) is 9.50. The van der Waals surface area contributed by atoms with Gasteiger partial charge in [-0.25, -0.2) is 0 Å². The van der Waals surface area contributed by atoms with Crippen LogP contribution in [0.3, 0.4) is 0 Å². The summed E-state index contributed by atoms with van der Waals surface area (Å²) in [7, 11) is 0. The summed E-state index contributed by atoms with van der Waals surface area (Å²) in [6, 6.07) is 19.2. The molecule has 0 spiro atoms. The number of likely N-dealkylation sites (N-methyl/N-ethyl adjacent to an activating group) is 1. The number of rotatable bonds is 7. The van der Waals surface area contributed by atoms with E-state index in [1.54, 1.807) is 0 Å². The second-order valence-electron chi connectivity index (χ2n) is 7.13. The van der Waals surface area contributed by atoms with Crippen LogP contribution in [0, 0.1) is 6.92 Å². The van der Waals surface area contributed by atoms with Gasteiger partial charge in [0, 0.05) is 32.2 Å². The van der Waals surface area contributed by atoms with E-state index in [1.807, 2.05) is 13.0 Å². The second kappa shape index (κ2) is 8.97. The number of benzene rings is 2. The Bertz CT molecular complexity index is 716. The summed E-state index contributed by atoms with van der Waals surface area (Å²) < 4.78 is 0. The van der Waals surface area contributed by atoms with E-state index >= 15 is 0 Å². The van der Waals surface area contributed by atoms with Gasteiger partial charge in [0.05, 0.1) is 6.04 Å². The third-order valence-corrected chi connectivity index (χ3v) is 4.96. The van der Waals surface area contributed by atoms with Crippen LogP contribution >= 0.6 is 0 Å². The SMILES string of the molecule is CCNC(=O)[C@@H]1C[C@@H](NCc2cccc(C)c2)CN1Cc1ccccc1. The van der Waals surface area contributed by atoms with Gasteiger partial charge in [0.25, 0.3) is 0 Å². The summed E-state index contributed by atoms with van der Waals surface area (Å²) >= 11 is 0. The predicted octanol–water partition coefficient (Wildman–Crippen LogP) is 2.86. The van der Waals surface area contributed by atoms with Gasteiger partial charge in [-0.05, 0) is 31.4 Å². The molecule has 0 bridgehead atoms. The van der Waals surface area contributed by atoms with Crippen molar-refractivity contribution in [3.05, 3.63) is 71.3 Å². The Kier molecular flexibility index (Phi) is 6.42. The fourth-order valence-corrected chi connectivity index (χ4v) is 3.69. The number of aryl methyl sites for hydroxylation is 1. The molecule has 4 heteroatoms. The van der Waals surface area contributed by atoms with Crippen LogP contribution in [0.25, 0.3) is 0 Å². The molecule has 1 heterocycles. The number of amides is 1. The Morgan fingerprint density at radius 3 is 2.62 bits per heavy atom. The predicted molar refractivity (Wildman–Crippen MR) is 106 cm³/mol. The highest BCUT2D eigenvalue weighted by Crippen LogP contribution is 2.21. The maximum Gasteiger partial charge on any atom is 0.237 e. The molecule has 3 rings (SSSR count). The number of carbonyl (C=O) groups is 1. The molecule has 2 atom stereocenters. The van der Waals surface area contributed by atoms with Crippen LogP contribution in [-0.4, -0.2) is 36.0 Å². The maximum absolute atomic E-state index is 12.5. The van der Waals surface area contributed by atoms with Gasteiger partial charge in [-0.1, -0.05) is 60.2 Å². The van der Waals surface area contributed by atoms with Gasteiger partial charge in [-0.2, -0.15) is 0 Å². The van der Waals surface area contributed by atoms with Crippen molar-refractivity contribution in [3.8, 4) is 0 Å². The quantitative estimate of drug-likeness (QED) is 0.806. The summed E-state index contributed by atoms with van der Waals surface area (Å²) in [6.45, 7) is 7.31. The van der Waals surface area contributed by atoms with E-state index < -0.39 is 0 Å². The van der Waals surface area contributed by atoms with Gasteiger partial charge in [0.1, 0.15) is 0 Å². The van der Waals surface area contributed by atoms with Crippen LogP contribution in [0.2, 0.25) is 0 Å².